The fourth-order valence-electron chi connectivity index (χ4n) is 3.84. The summed E-state index contributed by atoms with van der Waals surface area (Å²) in [5.41, 5.74) is 2.44. The Morgan fingerprint density at radius 3 is 2.38 bits per heavy atom. The molecule has 162 valence electrons. The lowest BCUT2D eigenvalue weighted by Gasteiger charge is -2.24. The maximum Gasteiger partial charge on any atom is 0.255 e. The number of nitriles is 1. The van der Waals surface area contributed by atoms with Crippen LogP contribution in [0.5, 0.6) is 5.75 Å². The molecule has 1 saturated heterocycles. The summed E-state index contributed by atoms with van der Waals surface area (Å²) in [5, 5.41) is 9.41. The Balaban J connectivity index is 1.49. The third-order valence-electron chi connectivity index (χ3n) is 5.57. The number of hydrogen-bond donors (Lipinski definition) is 0. The van der Waals surface area contributed by atoms with E-state index in [2.05, 4.69) is 23.1 Å². The molecular weight excluding hydrogens is 418 g/mol. The molecule has 4 rings (SSSR count). The number of anilines is 1. The van der Waals surface area contributed by atoms with E-state index in [1.807, 2.05) is 59.5 Å². The van der Waals surface area contributed by atoms with E-state index in [0.717, 1.165) is 47.3 Å². The number of hydrogen-bond acceptors (Lipinski definition) is 5. The average Bonchev–Trinajstić information content (AvgIpc) is 3.11. The number of benzene rings is 3. The maximum absolute atomic E-state index is 13.5. The van der Waals surface area contributed by atoms with E-state index in [1.165, 1.54) is 11.8 Å². The van der Waals surface area contributed by atoms with E-state index in [1.54, 1.807) is 13.2 Å². The third-order valence-corrected chi connectivity index (χ3v) is 6.72. The second-order valence-electron chi connectivity index (χ2n) is 7.54. The van der Waals surface area contributed by atoms with Gasteiger partial charge in [0, 0.05) is 41.7 Å². The lowest BCUT2D eigenvalue weighted by molar-refractivity contribution is 0.0763. The molecule has 1 amide bonds. The monoisotopic (exact) mass is 443 g/mol. The van der Waals surface area contributed by atoms with Crippen molar-refractivity contribution in [3.8, 4) is 11.8 Å². The van der Waals surface area contributed by atoms with Crippen molar-refractivity contribution in [3.05, 3.63) is 83.9 Å². The number of carbonyl (C=O) groups is 1. The van der Waals surface area contributed by atoms with Crippen molar-refractivity contribution in [1.82, 2.24) is 4.90 Å². The highest BCUT2D eigenvalue weighted by molar-refractivity contribution is 7.99. The number of methoxy groups -OCH3 is 1. The zero-order chi connectivity index (χ0) is 22.3. The summed E-state index contributed by atoms with van der Waals surface area (Å²) in [4.78, 5) is 19.4. The van der Waals surface area contributed by atoms with Crippen molar-refractivity contribution in [1.29, 1.82) is 5.26 Å². The van der Waals surface area contributed by atoms with E-state index in [-0.39, 0.29) is 5.91 Å². The minimum atomic E-state index is 0.0409. The molecule has 0 radical (unpaired) electrons. The van der Waals surface area contributed by atoms with Crippen LogP contribution >= 0.6 is 11.8 Å². The lowest BCUT2D eigenvalue weighted by atomic mass is 10.2. The van der Waals surface area contributed by atoms with Crippen LogP contribution in [-0.4, -0.2) is 44.1 Å². The Hall–Kier alpha value is -3.43. The topological polar surface area (TPSA) is 56.6 Å². The Labute approximate surface area is 193 Å². The zero-order valence-corrected chi connectivity index (χ0v) is 18.8. The van der Waals surface area contributed by atoms with E-state index in [9.17, 15) is 10.1 Å². The smallest absolute Gasteiger partial charge is 0.255 e. The van der Waals surface area contributed by atoms with E-state index in [0.29, 0.717) is 17.7 Å². The summed E-state index contributed by atoms with van der Waals surface area (Å²) in [6.07, 6.45) is 0.907. The molecule has 1 heterocycles. The normalized spacial score (nSPS) is 13.9. The van der Waals surface area contributed by atoms with E-state index in [4.69, 9.17) is 4.74 Å². The van der Waals surface area contributed by atoms with E-state index >= 15 is 0 Å². The van der Waals surface area contributed by atoms with Crippen molar-refractivity contribution in [3.63, 3.8) is 0 Å². The lowest BCUT2D eigenvalue weighted by Crippen LogP contribution is -2.35. The fraction of sp³-hybridized carbons (Fsp3) is 0.231. The summed E-state index contributed by atoms with van der Waals surface area (Å²) in [7, 11) is 1.67. The van der Waals surface area contributed by atoms with Crippen LogP contribution in [0.3, 0.4) is 0 Å². The number of amides is 1. The molecule has 6 heteroatoms. The van der Waals surface area contributed by atoms with Gasteiger partial charge in [-0.1, -0.05) is 36.0 Å². The second-order valence-corrected chi connectivity index (χ2v) is 8.62. The summed E-state index contributed by atoms with van der Waals surface area (Å²) in [5.74, 6) is 0.881. The van der Waals surface area contributed by atoms with Gasteiger partial charge in [-0.15, -0.1) is 0 Å². The van der Waals surface area contributed by atoms with Gasteiger partial charge >= 0.3 is 0 Å². The van der Waals surface area contributed by atoms with Crippen LogP contribution in [-0.2, 0) is 0 Å². The Morgan fingerprint density at radius 1 is 0.906 bits per heavy atom. The first-order valence-corrected chi connectivity index (χ1v) is 11.5. The van der Waals surface area contributed by atoms with Crippen LogP contribution in [0, 0.1) is 11.3 Å². The molecule has 0 aromatic heterocycles. The van der Waals surface area contributed by atoms with Crippen molar-refractivity contribution >= 4 is 23.4 Å². The van der Waals surface area contributed by atoms with Gasteiger partial charge in [0.15, 0.2) is 0 Å². The summed E-state index contributed by atoms with van der Waals surface area (Å²) in [6, 6.07) is 25.4. The first kappa shape index (κ1) is 21.8. The fourth-order valence-corrected chi connectivity index (χ4v) is 4.86. The molecule has 0 unspecified atom stereocenters. The van der Waals surface area contributed by atoms with Crippen LogP contribution in [0.25, 0.3) is 0 Å². The number of carbonyl (C=O) groups excluding carboxylic acids is 1. The predicted molar refractivity (Wildman–Crippen MR) is 127 cm³/mol. The van der Waals surface area contributed by atoms with Gasteiger partial charge in [-0.25, -0.2) is 0 Å². The highest BCUT2D eigenvalue weighted by atomic mass is 32.2. The van der Waals surface area contributed by atoms with Crippen molar-refractivity contribution in [2.45, 2.75) is 16.2 Å². The Morgan fingerprint density at radius 2 is 1.62 bits per heavy atom. The van der Waals surface area contributed by atoms with Crippen molar-refractivity contribution in [2.24, 2.45) is 0 Å². The molecule has 0 N–H and O–H groups in total. The minimum absolute atomic E-state index is 0.0409. The van der Waals surface area contributed by atoms with Crippen LogP contribution in [0.2, 0.25) is 0 Å². The molecule has 1 fully saturated rings. The van der Waals surface area contributed by atoms with Gasteiger partial charge in [0.25, 0.3) is 5.91 Å². The molecule has 0 atom stereocenters. The van der Waals surface area contributed by atoms with Gasteiger partial charge in [0.2, 0.25) is 0 Å². The second kappa shape index (κ2) is 10.3. The molecular formula is C26H25N3O2S. The summed E-state index contributed by atoms with van der Waals surface area (Å²) < 4.78 is 5.26. The van der Waals surface area contributed by atoms with Crippen LogP contribution in [0.4, 0.5) is 5.69 Å². The third kappa shape index (κ3) is 4.90. The number of nitrogens with zero attached hydrogens (tertiary/aromatic N) is 3. The molecule has 0 spiro atoms. The molecule has 3 aromatic rings. The SMILES string of the molecule is COc1ccc(N2CCCN(C(=O)c3ccccc3Sc3ccccc3C#N)CC2)cc1. The van der Waals surface area contributed by atoms with Crippen LogP contribution in [0.1, 0.15) is 22.3 Å². The van der Waals surface area contributed by atoms with Gasteiger partial charge in [0.05, 0.1) is 18.2 Å². The van der Waals surface area contributed by atoms with E-state index < -0.39 is 0 Å². The highest BCUT2D eigenvalue weighted by Gasteiger charge is 2.23. The minimum Gasteiger partial charge on any atom is -0.497 e. The number of ether oxygens (including phenoxy) is 1. The molecule has 5 nitrogen and oxygen atoms in total. The summed E-state index contributed by atoms with van der Waals surface area (Å²) >= 11 is 1.47. The number of rotatable bonds is 5. The molecule has 0 bridgehead atoms. The Bertz CT molecular complexity index is 1120. The standard InChI is InChI=1S/C26H25N3O2S/c1-31-22-13-11-21(12-14-22)28-15-6-16-29(18-17-28)26(30)23-8-3-5-10-25(23)32-24-9-4-2-7-20(24)19-27/h2-5,7-14H,6,15-18H2,1H3. The molecule has 0 aliphatic carbocycles. The van der Waals surface area contributed by atoms with Gasteiger partial charge in [-0.3, -0.25) is 4.79 Å². The van der Waals surface area contributed by atoms with Crippen LogP contribution < -0.4 is 9.64 Å². The van der Waals surface area contributed by atoms with Gasteiger partial charge < -0.3 is 14.5 Å². The quantitative estimate of drug-likeness (QED) is 0.551. The highest BCUT2D eigenvalue weighted by Crippen LogP contribution is 2.33. The van der Waals surface area contributed by atoms with Gasteiger partial charge in [-0.05, 0) is 55.0 Å². The first-order chi connectivity index (χ1) is 15.7. The van der Waals surface area contributed by atoms with Gasteiger partial charge in [-0.2, -0.15) is 5.26 Å². The summed E-state index contributed by atoms with van der Waals surface area (Å²) in [6.45, 7) is 3.07. The van der Waals surface area contributed by atoms with Crippen molar-refractivity contribution < 1.29 is 9.53 Å². The zero-order valence-electron chi connectivity index (χ0n) is 18.0. The molecule has 1 aliphatic heterocycles. The molecule has 3 aromatic carbocycles. The first-order valence-electron chi connectivity index (χ1n) is 10.6. The molecule has 32 heavy (non-hydrogen) atoms. The average molecular weight is 444 g/mol. The van der Waals surface area contributed by atoms with Crippen molar-refractivity contribution in [2.75, 3.05) is 38.2 Å². The van der Waals surface area contributed by atoms with Crippen LogP contribution in [0.15, 0.2) is 82.6 Å². The molecule has 1 aliphatic rings. The Kier molecular flexibility index (Phi) is 6.98. The van der Waals surface area contributed by atoms with Gasteiger partial charge in [0.1, 0.15) is 11.8 Å². The molecule has 0 saturated carbocycles. The maximum atomic E-state index is 13.5. The largest absolute Gasteiger partial charge is 0.497 e. The predicted octanol–water partition coefficient (Wildman–Crippen LogP) is 5.07.